The molecule has 8 heavy (non-hydrogen) atoms. The molecule has 1 rings (SSSR count). The summed E-state index contributed by atoms with van der Waals surface area (Å²) < 4.78 is 22.6. The van der Waals surface area contributed by atoms with E-state index in [9.17, 15) is 9.11 Å². The predicted molar refractivity (Wildman–Crippen MR) is 41.9 cm³/mol. The van der Waals surface area contributed by atoms with E-state index in [1.807, 2.05) is 22.9 Å². The zero-order chi connectivity index (χ0) is 6.15. The van der Waals surface area contributed by atoms with Crippen LogP contribution in [0.5, 0.6) is 0 Å². The molecule has 0 bridgehead atoms. The highest BCUT2D eigenvalue weighted by molar-refractivity contribution is 14.1. The van der Waals surface area contributed by atoms with Gasteiger partial charge < -0.3 is 9.11 Å². The van der Waals surface area contributed by atoms with Gasteiger partial charge in [-0.1, -0.05) is 0 Å². The van der Waals surface area contributed by atoms with Crippen LogP contribution in [0.1, 0.15) is 0 Å². The van der Waals surface area contributed by atoms with Crippen molar-refractivity contribution in [3.05, 3.63) is 0 Å². The highest BCUT2D eigenvalue weighted by atomic mass is 127. The zero-order valence-electron chi connectivity index (χ0n) is 3.87. The molecule has 1 saturated heterocycles. The summed E-state index contributed by atoms with van der Waals surface area (Å²) in [6, 6.07) is 0. The lowest BCUT2D eigenvalue weighted by atomic mass is 11.0. The lowest BCUT2D eigenvalue weighted by Gasteiger charge is -2.06. The zero-order valence-corrected chi connectivity index (χ0v) is 7.66. The van der Waals surface area contributed by atoms with Gasteiger partial charge in [0.25, 0.3) is 0 Å². The molecule has 1 aliphatic heterocycles. The second-order valence-electron chi connectivity index (χ2n) is 1.26. The van der Waals surface area contributed by atoms with Crippen LogP contribution in [0.4, 0.5) is 0 Å². The van der Waals surface area contributed by atoms with Gasteiger partial charge in [0, 0.05) is 0 Å². The Morgan fingerprint density at radius 3 is 1.75 bits per heavy atom. The minimum atomic E-state index is -0.978. The van der Waals surface area contributed by atoms with E-state index in [1.54, 1.807) is 0 Å². The minimum absolute atomic E-state index is 0.551. The molecule has 0 amide bonds. The smallest absolute Gasteiger partial charge is 0.177 e. The monoisotopic (exact) mass is 265 g/mol. The van der Waals surface area contributed by atoms with Gasteiger partial charge >= 0.3 is 0 Å². The van der Waals surface area contributed by atoms with Gasteiger partial charge in [-0.05, 0) is 0 Å². The highest BCUT2D eigenvalue weighted by Crippen LogP contribution is 2.22. The number of nitrogens with zero attached hydrogens (tertiary/aromatic N) is 1. The first kappa shape index (κ1) is 7.42. The van der Waals surface area contributed by atoms with Crippen molar-refractivity contribution < 1.29 is 9.11 Å². The molecule has 1 heterocycles. The van der Waals surface area contributed by atoms with E-state index in [2.05, 4.69) is 0 Å². The minimum Gasteiger partial charge on any atom is -0.594 e. The number of halogens is 1. The molecule has 6 heteroatoms. The summed E-state index contributed by atoms with van der Waals surface area (Å²) in [5, 5.41) is 0. The lowest BCUT2D eigenvalue weighted by molar-refractivity contribution is 0.571. The Kier molecular flexibility index (Phi) is 2.72. The molecule has 0 aliphatic carbocycles. The predicted octanol–water partition coefficient (Wildman–Crippen LogP) is -0.0206. The molecule has 0 N–H and O–H groups in total. The van der Waals surface area contributed by atoms with Gasteiger partial charge in [-0.2, -0.15) is 0 Å². The normalized spacial score (nSPS) is 40.9. The third kappa shape index (κ3) is 1.42. The quantitative estimate of drug-likeness (QED) is 0.351. The molecule has 48 valence electrons. The molecule has 0 aromatic carbocycles. The lowest BCUT2D eigenvalue weighted by Crippen LogP contribution is -2.18. The van der Waals surface area contributed by atoms with Crippen LogP contribution in [0.3, 0.4) is 0 Å². The Morgan fingerprint density at radius 2 is 1.62 bits per heavy atom. The summed E-state index contributed by atoms with van der Waals surface area (Å²) >= 11 is -0.139. The number of rotatable bonds is 0. The molecular weight excluding hydrogens is 261 g/mol. The van der Waals surface area contributed by atoms with Gasteiger partial charge in [0.2, 0.25) is 0 Å². The van der Waals surface area contributed by atoms with Crippen LogP contribution in [0.2, 0.25) is 0 Å². The summed E-state index contributed by atoms with van der Waals surface area (Å²) in [7, 11) is 0. The molecule has 1 aliphatic rings. The molecule has 3 nitrogen and oxygen atoms in total. The van der Waals surface area contributed by atoms with Gasteiger partial charge in [-0.15, -0.1) is 0 Å². The first-order valence-corrected chi connectivity index (χ1v) is 5.46. The second kappa shape index (κ2) is 2.93. The Morgan fingerprint density at radius 1 is 1.25 bits per heavy atom. The molecule has 0 aromatic heterocycles. The summed E-state index contributed by atoms with van der Waals surface area (Å²) in [6.07, 6.45) is 0. The largest absolute Gasteiger partial charge is 0.594 e. The SMILES string of the molecule is [O-][S+]1CC[S+]([O-])N1I. The van der Waals surface area contributed by atoms with Gasteiger partial charge in [0.15, 0.2) is 11.5 Å². The first-order valence-electron chi connectivity index (χ1n) is 1.94. The average molecular weight is 265 g/mol. The van der Waals surface area contributed by atoms with Crippen molar-refractivity contribution in [2.45, 2.75) is 0 Å². The van der Waals surface area contributed by atoms with Crippen LogP contribution in [0.15, 0.2) is 0 Å². The maximum absolute atomic E-state index is 10.6. The Balaban J connectivity index is 2.44. The van der Waals surface area contributed by atoms with Crippen LogP contribution < -0.4 is 0 Å². The standard InChI is InChI=1S/C2H4INO2S2/c3-4-7(5)1-2-8(4)6/h1-2H2. The third-order valence-corrected chi connectivity index (χ3v) is 6.39. The van der Waals surface area contributed by atoms with Gasteiger partial charge in [0.1, 0.15) is 47.5 Å². The van der Waals surface area contributed by atoms with Crippen LogP contribution in [0, 0.1) is 0 Å². The van der Waals surface area contributed by atoms with Crippen molar-refractivity contribution in [3.8, 4) is 0 Å². The Hall–Kier alpha value is 1.31. The number of hydrogen-bond donors (Lipinski definition) is 0. The van der Waals surface area contributed by atoms with E-state index in [1.165, 1.54) is 1.92 Å². The van der Waals surface area contributed by atoms with Crippen LogP contribution >= 0.6 is 22.9 Å². The third-order valence-electron chi connectivity index (χ3n) is 0.753. The van der Waals surface area contributed by atoms with E-state index in [4.69, 9.17) is 0 Å². The van der Waals surface area contributed by atoms with E-state index in [-0.39, 0.29) is 0 Å². The van der Waals surface area contributed by atoms with E-state index in [0.717, 1.165) is 0 Å². The molecule has 0 aromatic rings. The van der Waals surface area contributed by atoms with E-state index in [0.29, 0.717) is 11.5 Å². The van der Waals surface area contributed by atoms with Crippen LogP contribution in [-0.4, -0.2) is 22.5 Å². The maximum Gasteiger partial charge on any atom is 0.177 e. The summed E-state index contributed by atoms with van der Waals surface area (Å²) in [5.74, 6) is 1.10. The van der Waals surface area contributed by atoms with Crippen LogP contribution in [-0.2, 0) is 22.7 Å². The van der Waals surface area contributed by atoms with Gasteiger partial charge in [-0.25, -0.2) is 0 Å². The molecule has 0 radical (unpaired) electrons. The van der Waals surface area contributed by atoms with E-state index >= 15 is 0 Å². The van der Waals surface area contributed by atoms with Crippen molar-refractivity contribution in [1.29, 1.82) is 0 Å². The summed E-state index contributed by atoms with van der Waals surface area (Å²) in [5.41, 5.74) is 0. The molecule has 2 unspecified atom stereocenters. The summed E-state index contributed by atoms with van der Waals surface area (Å²) in [4.78, 5) is 0. The van der Waals surface area contributed by atoms with Crippen molar-refractivity contribution >= 4 is 45.6 Å². The van der Waals surface area contributed by atoms with Gasteiger partial charge in [0.05, 0.1) is 0 Å². The topological polar surface area (TPSA) is 49.4 Å². The van der Waals surface area contributed by atoms with Gasteiger partial charge in [-0.3, -0.25) is 0 Å². The highest BCUT2D eigenvalue weighted by Gasteiger charge is 2.38. The Labute approximate surface area is 67.9 Å². The molecule has 2 atom stereocenters. The van der Waals surface area contributed by atoms with Crippen molar-refractivity contribution in [1.82, 2.24) is 1.92 Å². The van der Waals surface area contributed by atoms with Crippen LogP contribution in [0.25, 0.3) is 0 Å². The first-order chi connectivity index (χ1) is 3.72. The average Bonchev–Trinajstić information content (AvgIpc) is 1.98. The fourth-order valence-corrected chi connectivity index (χ4v) is 4.18. The number of hydrogen-bond acceptors (Lipinski definition) is 3. The molecular formula is C2H4INO2S2. The molecule has 1 fully saturated rings. The second-order valence-corrected chi connectivity index (χ2v) is 6.60. The maximum atomic E-state index is 10.6. The molecule has 0 saturated carbocycles. The fourth-order valence-electron chi connectivity index (χ4n) is 0.379. The fraction of sp³-hybridized carbons (Fsp3) is 1.00. The van der Waals surface area contributed by atoms with Crippen molar-refractivity contribution in [3.63, 3.8) is 0 Å². The van der Waals surface area contributed by atoms with E-state index < -0.39 is 22.7 Å². The van der Waals surface area contributed by atoms with Crippen molar-refractivity contribution in [2.24, 2.45) is 0 Å². The summed E-state index contributed by atoms with van der Waals surface area (Å²) in [6.45, 7) is 0. The van der Waals surface area contributed by atoms with Crippen molar-refractivity contribution in [2.75, 3.05) is 11.5 Å². The molecule has 0 spiro atoms. The Bertz CT molecular complexity index is 84.1.